The summed E-state index contributed by atoms with van der Waals surface area (Å²) in [6.07, 6.45) is 6.30. The van der Waals surface area contributed by atoms with Gasteiger partial charge in [0.05, 0.1) is 0 Å². The van der Waals surface area contributed by atoms with Gasteiger partial charge in [0.1, 0.15) is 0 Å². The number of carbonyl (C=O) groups is 1. The van der Waals surface area contributed by atoms with Crippen molar-refractivity contribution in [3.63, 3.8) is 0 Å². The minimum atomic E-state index is -0.372. The fourth-order valence-electron chi connectivity index (χ4n) is 3.42. The summed E-state index contributed by atoms with van der Waals surface area (Å²) in [5.41, 5.74) is 5.86. The number of nitrogens with one attached hydrogen (secondary N) is 1. The molecular formula is C21H34N2O. The van der Waals surface area contributed by atoms with Crippen molar-refractivity contribution in [1.82, 2.24) is 0 Å². The van der Waals surface area contributed by atoms with Crippen LogP contribution in [0.4, 0.5) is 11.4 Å². The predicted octanol–water partition coefficient (Wildman–Crippen LogP) is 5.23. The predicted molar refractivity (Wildman–Crippen MR) is 104 cm³/mol. The van der Waals surface area contributed by atoms with Crippen LogP contribution in [0.2, 0.25) is 0 Å². The third-order valence-corrected chi connectivity index (χ3v) is 5.06. The Kier molecular flexibility index (Phi) is 5.95. The topological polar surface area (TPSA) is 32.3 Å². The van der Waals surface area contributed by atoms with Crippen molar-refractivity contribution >= 4 is 17.3 Å². The molecule has 1 aliphatic rings. The van der Waals surface area contributed by atoms with Crippen LogP contribution in [-0.2, 0) is 11.2 Å². The Balaban J connectivity index is 2.18. The maximum Gasteiger partial charge on any atom is 0.229 e. The molecular weight excluding hydrogens is 296 g/mol. The molecule has 0 saturated carbocycles. The number of anilines is 2. The number of benzene rings is 1. The lowest BCUT2D eigenvalue weighted by Crippen LogP contribution is -2.28. The van der Waals surface area contributed by atoms with E-state index in [-0.39, 0.29) is 11.3 Å². The Hall–Kier alpha value is -1.51. The fourth-order valence-corrected chi connectivity index (χ4v) is 3.42. The molecule has 0 atom stereocenters. The van der Waals surface area contributed by atoms with E-state index in [1.807, 2.05) is 20.8 Å². The first-order valence-corrected chi connectivity index (χ1v) is 9.45. The molecule has 1 aromatic carbocycles. The van der Waals surface area contributed by atoms with Gasteiger partial charge in [0.2, 0.25) is 5.91 Å². The second kappa shape index (κ2) is 7.58. The number of hydrogen-bond donors (Lipinski definition) is 1. The summed E-state index contributed by atoms with van der Waals surface area (Å²) in [6, 6.07) is 2.27. The second-order valence-electron chi connectivity index (χ2n) is 8.19. The van der Waals surface area contributed by atoms with E-state index >= 15 is 0 Å². The zero-order valence-electron chi connectivity index (χ0n) is 16.4. The van der Waals surface area contributed by atoms with Crippen LogP contribution in [0.25, 0.3) is 0 Å². The van der Waals surface area contributed by atoms with Crippen molar-refractivity contribution in [2.75, 3.05) is 23.3 Å². The van der Waals surface area contributed by atoms with Crippen LogP contribution in [-0.4, -0.2) is 19.0 Å². The van der Waals surface area contributed by atoms with Gasteiger partial charge in [-0.05, 0) is 49.4 Å². The third-order valence-electron chi connectivity index (χ3n) is 5.06. The van der Waals surface area contributed by atoms with Crippen LogP contribution < -0.4 is 10.2 Å². The molecule has 24 heavy (non-hydrogen) atoms. The van der Waals surface area contributed by atoms with Gasteiger partial charge in [-0.1, -0.05) is 47.0 Å². The quantitative estimate of drug-likeness (QED) is 0.724. The minimum absolute atomic E-state index is 0.0862. The summed E-state index contributed by atoms with van der Waals surface area (Å²) in [4.78, 5) is 14.9. The lowest BCUT2D eigenvalue weighted by Gasteiger charge is -2.24. The number of rotatable bonds is 6. The molecule has 134 valence electrons. The van der Waals surface area contributed by atoms with E-state index < -0.39 is 0 Å². The van der Waals surface area contributed by atoms with Gasteiger partial charge in [0.15, 0.2) is 0 Å². The fraction of sp³-hybridized carbons (Fsp3) is 0.667. The molecule has 2 rings (SSSR count). The highest BCUT2D eigenvalue weighted by atomic mass is 16.2. The average molecular weight is 331 g/mol. The molecule has 0 saturated heterocycles. The van der Waals surface area contributed by atoms with Crippen molar-refractivity contribution in [1.29, 1.82) is 0 Å². The van der Waals surface area contributed by atoms with E-state index in [1.54, 1.807) is 0 Å². The Labute approximate surface area is 147 Å². The van der Waals surface area contributed by atoms with Gasteiger partial charge in [0.25, 0.3) is 0 Å². The van der Waals surface area contributed by atoms with E-state index in [9.17, 15) is 4.79 Å². The van der Waals surface area contributed by atoms with Crippen LogP contribution in [0.5, 0.6) is 0 Å². The van der Waals surface area contributed by atoms with Gasteiger partial charge in [-0.2, -0.15) is 0 Å². The third kappa shape index (κ3) is 4.12. The number of carbonyl (C=O) groups excluding carboxylic acids is 1. The highest BCUT2D eigenvalue weighted by molar-refractivity contribution is 5.96. The first kappa shape index (κ1) is 18.8. The molecule has 1 aliphatic heterocycles. The Morgan fingerprint density at radius 3 is 2.54 bits per heavy atom. The maximum atomic E-state index is 12.4. The monoisotopic (exact) mass is 330 g/mol. The molecule has 0 spiro atoms. The van der Waals surface area contributed by atoms with Gasteiger partial charge in [0, 0.05) is 29.9 Å². The van der Waals surface area contributed by atoms with Gasteiger partial charge in [-0.25, -0.2) is 0 Å². The SMILES string of the molecule is CCCCCCN1CCc2c1cc(C)c(NC(=O)C(C)(C)C)c2C. The van der Waals surface area contributed by atoms with Crippen molar-refractivity contribution in [3.8, 4) is 0 Å². The van der Waals surface area contributed by atoms with Crippen LogP contribution in [0.15, 0.2) is 6.07 Å². The van der Waals surface area contributed by atoms with E-state index in [0.717, 1.165) is 25.2 Å². The molecule has 1 heterocycles. The van der Waals surface area contributed by atoms with Gasteiger partial charge < -0.3 is 10.2 Å². The smallest absolute Gasteiger partial charge is 0.229 e. The molecule has 0 aromatic heterocycles. The number of hydrogen-bond acceptors (Lipinski definition) is 2. The number of unbranched alkanes of at least 4 members (excludes halogenated alkanes) is 3. The molecule has 1 aromatic rings. The summed E-state index contributed by atoms with van der Waals surface area (Å²) >= 11 is 0. The summed E-state index contributed by atoms with van der Waals surface area (Å²) in [7, 11) is 0. The highest BCUT2D eigenvalue weighted by Gasteiger charge is 2.26. The lowest BCUT2D eigenvalue weighted by atomic mass is 9.94. The highest BCUT2D eigenvalue weighted by Crippen LogP contribution is 2.37. The molecule has 0 radical (unpaired) electrons. The van der Waals surface area contributed by atoms with Crippen LogP contribution in [0, 0.1) is 19.3 Å². The Morgan fingerprint density at radius 2 is 1.92 bits per heavy atom. The molecule has 0 fully saturated rings. The van der Waals surface area contributed by atoms with Crippen LogP contribution >= 0.6 is 0 Å². The molecule has 1 N–H and O–H groups in total. The summed E-state index contributed by atoms with van der Waals surface area (Å²) in [5, 5.41) is 3.17. The molecule has 0 aliphatic carbocycles. The van der Waals surface area contributed by atoms with Crippen molar-refractivity contribution in [2.45, 2.75) is 73.6 Å². The summed E-state index contributed by atoms with van der Waals surface area (Å²) in [6.45, 7) is 14.7. The molecule has 0 bridgehead atoms. The van der Waals surface area contributed by atoms with Gasteiger partial charge >= 0.3 is 0 Å². The number of amides is 1. The number of fused-ring (bicyclic) bond motifs is 1. The van der Waals surface area contributed by atoms with Crippen LogP contribution in [0.1, 0.15) is 70.1 Å². The Morgan fingerprint density at radius 1 is 1.21 bits per heavy atom. The normalized spacial score (nSPS) is 14.0. The second-order valence-corrected chi connectivity index (χ2v) is 8.19. The van der Waals surface area contributed by atoms with Crippen molar-refractivity contribution in [2.24, 2.45) is 5.41 Å². The number of nitrogens with zero attached hydrogens (tertiary/aromatic N) is 1. The first-order valence-electron chi connectivity index (χ1n) is 9.45. The van der Waals surface area contributed by atoms with Gasteiger partial charge in [-0.3, -0.25) is 4.79 Å². The molecule has 3 nitrogen and oxygen atoms in total. The van der Waals surface area contributed by atoms with E-state index in [2.05, 4.69) is 37.1 Å². The van der Waals surface area contributed by atoms with E-state index in [0.29, 0.717) is 0 Å². The zero-order valence-corrected chi connectivity index (χ0v) is 16.4. The molecule has 1 amide bonds. The van der Waals surface area contributed by atoms with Crippen LogP contribution in [0.3, 0.4) is 0 Å². The Bertz CT molecular complexity index is 599. The van der Waals surface area contributed by atoms with E-state index in [4.69, 9.17) is 0 Å². The molecule has 3 heteroatoms. The summed E-state index contributed by atoms with van der Waals surface area (Å²) in [5.74, 6) is 0.0862. The maximum absolute atomic E-state index is 12.4. The van der Waals surface area contributed by atoms with Crippen molar-refractivity contribution < 1.29 is 4.79 Å². The standard InChI is InChI=1S/C21H34N2O/c1-7-8-9-10-12-23-13-11-17-16(3)19(15(2)14-18(17)23)22-20(24)21(4,5)6/h14H,7-13H2,1-6H3,(H,22,24). The van der Waals surface area contributed by atoms with E-state index in [1.165, 1.54) is 48.1 Å². The average Bonchev–Trinajstić information content (AvgIpc) is 2.90. The lowest BCUT2D eigenvalue weighted by molar-refractivity contribution is -0.123. The van der Waals surface area contributed by atoms with Gasteiger partial charge in [-0.15, -0.1) is 0 Å². The number of aryl methyl sites for hydroxylation is 1. The summed E-state index contributed by atoms with van der Waals surface area (Å²) < 4.78 is 0. The first-order chi connectivity index (χ1) is 11.3. The molecule has 0 unspecified atom stereocenters. The minimum Gasteiger partial charge on any atom is -0.371 e. The zero-order chi connectivity index (χ0) is 17.9. The van der Waals surface area contributed by atoms with Crippen molar-refractivity contribution in [3.05, 3.63) is 22.8 Å². The largest absolute Gasteiger partial charge is 0.371 e.